The summed E-state index contributed by atoms with van der Waals surface area (Å²) in [6.07, 6.45) is 0.846. The highest BCUT2D eigenvalue weighted by atomic mass is 32.1. The predicted molar refractivity (Wildman–Crippen MR) is 74.9 cm³/mol. The van der Waals surface area contributed by atoms with Crippen molar-refractivity contribution in [3.05, 3.63) is 21.9 Å². The van der Waals surface area contributed by atoms with Crippen LogP contribution in [0.3, 0.4) is 0 Å². The summed E-state index contributed by atoms with van der Waals surface area (Å²) in [4.78, 5) is 13.0. The molecule has 0 aliphatic carbocycles. The predicted octanol–water partition coefficient (Wildman–Crippen LogP) is 1.69. The maximum atomic E-state index is 11.7. The number of methoxy groups -OCH3 is 1. The van der Waals surface area contributed by atoms with E-state index in [1.54, 1.807) is 18.4 Å². The number of hydrogen-bond acceptors (Lipinski definition) is 4. The molecule has 18 heavy (non-hydrogen) atoms. The molecule has 1 atom stereocenters. The summed E-state index contributed by atoms with van der Waals surface area (Å²) in [5, 5.41) is 8.19. The average molecular weight is 270 g/mol. The highest BCUT2D eigenvalue weighted by Gasteiger charge is 2.11. The van der Waals surface area contributed by atoms with Gasteiger partial charge in [0.25, 0.3) is 0 Å². The van der Waals surface area contributed by atoms with Crippen LogP contribution < -0.4 is 10.6 Å². The van der Waals surface area contributed by atoms with Gasteiger partial charge in [-0.2, -0.15) is 0 Å². The van der Waals surface area contributed by atoms with Crippen LogP contribution in [-0.2, 0) is 16.1 Å². The van der Waals surface area contributed by atoms with Gasteiger partial charge in [-0.15, -0.1) is 11.3 Å². The van der Waals surface area contributed by atoms with Crippen LogP contribution in [0.2, 0.25) is 0 Å². The summed E-state index contributed by atoms with van der Waals surface area (Å²) in [5.41, 5.74) is 1.28. The Morgan fingerprint density at radius 3 is 2.94 bits per heavy atom. The van der Waals surface area contributed by atoms with Gasteiger partial charge in [0, 0.05) is 31.7 Å². The second kappa shape index (κ2) is 8.24. The maximum Gasteiger partial charge on any atom is 0.236 e. The van der Waals surface area contributed by atoms with Crippen molar-refractivity contribution in [1.29, 1.82) is 0 Å². The summed E-state index contributed by atoms with van der Waals surface area (Å²) in [7, 11) is 1.66. The third-order valence-electron chi connectivity index (χ3n) is 2.75. The molecular formula is C13H22N2O2S. The van der Waals surface area contributed by atoms with Gasteiger partial charge in [-0.05, 0) is 37.3 Å². The van der Waals surface area contributed by atoms with Crippen molar-refractivity contribution in [3.63, 3.8) is 0 Å². The Labute approximate surface area is 113 Å². The van der Waals surface area contributed by atoms with Crippen molar-refractivity contribution in [2.45, 2.75) is 32.9 Å². The lowest BCUT2D eigenvalue weighted by Gasteiger charge is -2.13. The van der Waals surface area contributed by atoms with Crippen molar-refractivity contribution in [2.75, 3.05) is 20.3 Å². The zero-order valence-corrected chi connectivity index (χ0v) is 12.1. The first kappa shape index (κ1) is 15.1. The van der Waals surface area contributed by atoms with Gasteiger partial charge in [0.1, 0.15) is 0 Å². The van der Waals surface area contributed by atoms with Crippen LogP contribution in [-0.4, -0.2) is 32.2 Å². The number of ether oxygens (including phenoxy) is 1. The SMILES string of the molecule is COCCCNC(=O)C(C)NCc1sccc1C. The molecule has 5 heteroatoms. The van der Waals surface area contributed by atoms with E-state index in [9.17, 15) is 4.79 Å². The molecule has 0 fully saturated rings. The first-order valence-electron chi connectivity index (χ1n) is 6.18. The molecule has 1 rings (SSSR count). The lowest BCUT2D eigenvalue weighted by Crippen LogP contribution is -2.42. The molecule has 2 N–H and O–H groups in total. The van der Waals surface area contributed by atoms with E-state index in [0.29, 0.717) is 13.2 Å². The third-order valence-corrected chi connectivity index (χ3v) is 3.78. The van der Waals surface area contributed by atoms with Crippen LogP contribution in [0.15, 0.2) is 11.4 Å². The monoisotopic (exact) mass is 270 g/mol. The lowest BCUT2D eigenvalue weighted by atomic mass is 10.2. The molecular weight excluding hydrogens is 248 g/mol. The highest BCUT2D eigenvalue weighted by molar-refractivity contribution is 7.10. The van der Waals surface area contributed by atoms with Gasteiger partial charge in [0.15, 0.2) is 0 Å². The smallest absolute Gasteiger partial charge is 0.236 e. The van der Waals surface area contributed by atoms with E-state index in [4.69, 9.17) is 4.74 Å². The van der Waals surface area contributed by atoms with Crippen molar-refractivity contribution >= 4 is 17.2 Å². The molecule has 0 radical (unpaired) electrons. The van der Waals surface area contributed by atoms with E-state index in [-0.39, 0.29) is 11.9 Å². The first-order valence-corrected chi connectivity index (χ1v) is 7.06. The largest absolute Gasteiger partial charge is 0.385 e. The molecule has 0 bridgehead atoms. The second-order valence-corrected chi connectivity index (χ2v) is 5.27. The molecule has 1 aromatic rings. The number of rotatable bonds is 8. The van der Waals surface area contributed by atoms with E-state index < -0.39 is 0 Å². The Morgan fingerprint density at radius 1 is 1.56 bits per heavy atom. The number of nitrogens with one attached hydrogen (secondary N) is 2. The van der Waals surface area contributed by atoms with Crippen LogP contribution in [0.5, 0.6) is 0 Å². The lowest BCUT2D eigenvalue weighted by molar-refractivity contribution is -0.122. The third kappa shape index (κ3) is 5.16. The Hall–Kier alpha value is -0.910. The van der Waals surface area contributed by atoms with E-state index >= 15 is 0 Å². The van der Waals surface area contributed by atoms with Crippen LogP contribution in [0.4, 0.5) is 0 Å². The summed E-state index contributed by atoms with van der Waals surface area (Å²) >= 11 is 1.72. The minimum absolute atomic E-state index is 0.0420. The Kier molecular flexibility index (Phi) is 6.93. The van der Waals surface area contributed by atoms with Gasteiger partial charge >= 0.3 is 0 Å². The molecule has 0 aliphatic rings. The fraction of sp³-hybridized carbons (Fsp3) is 0.615. The zero-order chi connectivity index (χ0) is 13.4. The Balaban J connectivity index is 2.21. The van der Waals surface area contributed by atoms with Crippen molar-refractivity contribution in [2.24, 2.45) is 0 Å². The quantitative estimate of drug-likeness (QED) is 0.707. The molecule has 1 unspecified atom stereocenters. The average Bonchev–Trinajstić information content (AvgIpc) is 2.77. The van der Waals surface area contributed by atoms with E-state index in [2.05, 4.69) is 29.0 Å². The number of hydrogen-bond donors (Lipinski definition) is 2. The molecule has 0 saturated carbocycles. The van der Waals surface area contributed by atoms with Gasteiger partial charge in [-0.3, -0.25) is 4.79 Å². The molecule has 1 amide bonds. The molecule has 0 saturated heterocycles. The maximum absolute atomic E-state index is 11.7. The topological polar surface area (TPSA) is 50.4 Å². The van der Waals surface area contributed by atoms with Gasteiger partial charge in [-0.1, -0.05) is 0 Å². The normalized spacial score (nSPS) is 12.4. The van der Waals surface area contributed by atoms with E-state index in [1.807, 2.05) is 6.92 Å². The van der Waals surface area contributed by atoms with Crippen LogP contribution in [0.1, 0.15) is 23.8 Å². The molecule has 0 spiro atoms. The fourth-order valence-electron chi connectivity index (χ4n) is 1.50. The molecule has 0 aliphatic heterocycles. The van der Waals surface area contributed by atoms with Gasteiger partial charge < -0.3 is 15.4 Å². The molecule has 1 aromatic heterocycles. The standard InChI is InChI=1S/C13H22N2O2S/c1-10-5-8-18-12(10)9-15-11(2)13(16)14-6-4-7-17-3/h5,8,11,15H,4,6-7,9H2,1-3H3,(H,14,16). The van der Waals surface area contributed by atoms with E-state index in [1.165, 1.54) is 10.4 Å². The Bertz CT molecular complexity index is 366. The molecule has 1 heterocycles. The minimum Gasteiger partial charge on any atom is -0.385 e. The van der Waals surface area contributed by atoms with Crippen LogP contribution >= 0.6 is 11.3 Å². The number of aryl methyl sites for hydroxylation is 1. The number of amides is 1. The Morgan fingerprint density at radius 2 is 2.33 bits per heavy atom. The molecule has 4 nitrogen and oxygen atoms in total. The number of carbonyl (C=O) groups is 1. The van der Waals surface area contributed by atoms with Crippen molar-refractivity contribution < 1.29 is 9.53 Å². The van der Waals surface area contributed by atoms with Crippen LogP contribution in [0.25, 0.3) is 0 Å². The van der Waals surface area contributed by atoms with Crippen molar-refractivity contribution in [1.82, 2.24) is 10.6 Å². The van der Waals surface area contributed by atoms with Gasteiger partial charge in [0.05, 0.1) is 6.04 Å². The van der Waals surface area contributed by atoms with Gasteiger partial charge in [0.2, 0.25) is 5.91 Å². The fourth-order valence-corrected chi connectivity index (χ4v) is 2.36. The number of carbonyl (C=O) groups excluding carboxylic acids is 1. The van der Waals surface area contributed by atoms with E-state index in [0.717, 1.165) is 13.0 Å². The summed E-state index contributed by atoms with van der Waals surface area (Å²) in [6, 6.07) is 1.92. The first-order chi connectivity index (χ1) is 8.65. The highest BCUT2D eigenvalue weighted by Crippen LogP contribution is 2.14. The minimum atomic E-state index is -0.172. The van der Waals surface area contributed by atoms with Crippen LogP contribution in [0, 0.1) is 6.92 Å². The van der Waals surface area contributed by atoms with Crippen molar-refractivity contribution in [3.8, 4) is 0 Å². The summed E-state index contributed by atoms with van der Waals surface area (Å²) < 4.78 is 4.93. The second-order valence-electron chi connectivity index (χ2n) is 4.27. The molecule has 102 valence electrons. The molecule has 0 aromatic carbocycles. The zero-order valence-electron chi connectivity index (χ0n) is 11.3. The summed E-state index contributed by atoms with van der Waals surface area (Å²) in [6.45, 7) is 6.06. The number of thiophene rings is 1. The summed E-state index contributed by atoms with van der Waals surface area (Å²) in [5.74, 6) is 0.0420. The van der Waals surface area contributed by atoms with Gasteiger partial charge in [-0.25, -0.2) is 0 Å².